The Morgan fingerprint density at radius 1 is 1.38 bits per heavy atom. The Hall–Kier alpha value is -3.26. The van der Waals surface area contributed by atoms with Crippen LogP contribution in [0.15, 0.2) is 35.1 Å². The number of thiazole rings is 1. The van der Waals surface area contributed by atoms with Gasteiger partial charge < -0.3 is 27.0 Å². The summed E-state index contributed by atoms with van der Waals surface area (Å²) in [5, 5.41) is 4.95. The van der Waals surface area contributed by atoms with Gasteiger partial charge in [-0.3, -0.25) is 9.79 Å². The Bertz CT molecular complexity index is 1070. The first-order chi connectivity index (χ1) is 16.2. The summed E-state index contributed by atoms with van der Waals surface area (Å²) >= 11 is 0.690. The molecule has 184 valence electrons. The molecule has 1 aromatic carbocycles. The maximum absolute atomic E-state index is 14.1. The molecule has 8 nitrogen and oxygen atoms in total. The minimum Gasteiger partial charge on any atom is -0.403 e. The second-order valence-corrected chi connectivity index (χ2v) is 8.20. The monoisotopic (exact) mass is 503 g/mol. The molecule has 0 aliphatic carbocycles. The largest absolute Gasteiger partial charge is 0.403 e. The van der Waals surface area contributed by atoms with Gasteiger partial charge in [-0.15, -0.1) is 0 Å². The number of hydrogen-bond acceptors (Lipinski definition) is 7. The van der Waals surface area contributed by atoms with Gasteiger partial charge in [-0.05, 0) is 12.1 Å². The number of nitrogens with zero attached hydrogens (tertiary/aromatic N) is 3. The molecule has 1 aliphatic heterocycles. The number of nitrogen functional groups attached to an aromatic ring is 1. The summed E-state index contributed by atoms with van der Waals surface area (Å²) in [7, 11) is 0. The Morgan fingerprint density at radius 3 is 2.74 bits per heavy atom. The average molecular weight is 504 g/mol. The Labute approximate surface area is 195 Å². The first kappa shape index (κ1) is 25.4. The van der Waals surface area contributed by atoms with Crippen molar-refractivity contribution in [1.29, 1.82) is 0 Å². The highest BCUT2D eigenvalue weighted by Crippen LogP contribution is 2.33. The van der Waals surface area contributed by atoms with E-state index in [0.29, 0.717) is 17.9 Å². The number of rotatable bonds is 6. The molecule has 1 amide bonds. The third-order valence-electron chi connectivity index (χ3n) is 4.72. The lowest BCUT2D eigenvalue weighted by Gasteiger charge is -2.26. The standard InChI is InChI=1S/C20H22F5N7OS/c21-10-7-28-4-5-32(9-10)18(29-8-14(24)25)13(6-26)30-19(33)16-17(27)34-20(31-16)15-11(22)2-1-3-12(15)23/h1-3,6,10,14,28H,4-5,7-9,26-27H2,(H,30,33). The SMILES string of the molecule is NC=C(NC(=O)c1nc(-c2c(F)cccc2F)sc1N)C(=NCC(F)F)N1CCNCC(F)C1. The first-order valence-corrected chi connectivity index (χ1v) is 10.9. The summed E-state index contributed by atoms with van der Waals surface area (Å²) in [6.45, 7) is -0.448. The number of aliphatic imine (C=N–C) groups is 1. The molecule has 1 aromatic heterocycles. The maximum Gasteiger partial charge on any atom is 0.277 e. The summed E-state index contributed by atoms with van der Waals surface area (Å²) in [4.78, 5) is 22.0. The number of alkyl halides is 3. The number of halogens is 5. The predicted octanol–water partition coefficient (Wildman–Crippen LogP) is 2.11. The van der Waals surface area contributed by atoms with Gasteiger partial charge in [0.25, 0.3) is 12.3 Å². The fourth-order valence-corrected chi connectivity index (χ4v) is 4.11. The van der Waals surface area contributed by atoms with Crippen LogP contribution in [0.25, 0.3) is 10.6 Å². The normalized spacial score (nSPS) is 17.7. The van der Waals surface area contributed by atoms with Crippen molar-refractivity contribution in [2.75, 3.05) is 38.5 Å². The molecular formula is C20H22F5N7OS. The van der Waals surface area contributed by atoms with Gasteiger partial charge in [-0.1, -0.05) is 17.4 Å². The molecular weight excluding hydrogens is 481 g/mol. The van der Waals surface area contributed by atoms with Gasteiger partial charge >= 0.3 is 0 Å². The van der Waals surface area contributed by atoms with Crippen molar-refractivity contribution >= 4 is 28.1 Å². The average Bonchev–Trinajstić information content (AvgIpc) is 3.02. The molecule has 14 heteroatoms. The molecule has 1 aliphatic rings. The quantitative estimate of drug-likeness (QED) is 0.272. The number of benzene rings is 1. The first-order valence-electron chi connectivity index (χ1n) is 10.1. The lowest BCUT2D eigenvalue weighted by molar-refractivity contribution is 0.0964. The zero-order valence-corrected chi connectivity index (χ0v) is 18.5. The minimum absolute atomic E-state index is 0.0669. The van der Waals surface area contributed by atoms with E-state index in [9.17, 15) is 26.7 Å². The molecule has 34 heavy (non-hydrogen) atoms. The number of nitrogens with one attached hydrogen (secondary N) is 2. The van der Waals surface area contributed by atoms with Crippen LogP contribution < -0.4 is 22.1 Å². The van der Waals surface area contributed by atoms with E-state index in [1.165, 1.54) is 11.0 Å². The Balaban J connectivity index is 1.89. The number of aromatic nitrogens is 1. The van der Waals surface area contributed by atoms with E-state index >= 15 is 0 Å². The van der Waals surface area contributed by atoms with E-state index in [0.717, 1.165) is 18.3 Å². The van der Waals surface area contributed by atoms with Crippen LogP contribution in [0.2, 0.25) is 0 Å². The molecule has 1 fully saturated rings. The zero-order valence-electron chi connectivity index (χ0n) is 17.7. The molecule has 1 saturated heterocycles. The highest BCUT2D eigenvalue weighted by atomic mass is 32.1. The number of hydrogen-bond donors (Lipinski definition) is 4. The number of carbonyl (C=O) groups is 1. The third kappa shape index (κ3) is 5.99. The van der Waals surface area contributed by atoms with Crippen LogP contribution >= 0.6 is 11.3 Å². The number of carbonyl (C=O) groups excluding carboxylic acids is 1. The van der Waals surface area contributed by atoms with Crippen LogP contribution in [-0.4, -0.2) is 66.9 Å². The van der Waals surface area contributed by atoms with Crippen LogP contribution in [0.1, 0.15) is 10.5 Å². The van der Waals surface area contributed by atoms with E-state index in [1.807, 2.05) is 0 Å². The molecule has 2 aromatic rings. The molecule has 2 heterocycles. The molecule has 6 N–H and O–H groups in total. The second kappa shape index (κ2) is 11.2. The van der Waals surface area contributed by atoms with E-state index in [1.54, 1.807) is 0 Å². The predicted molar refractivity (Wildman–Crippen MR) is 119 cm³/mol. The molecule has 0 spiro atoms. The minimum atomic E-state index is -2.79. The van der Waals surface area contributed by atoms with Crippen molar-refractivity contribution in [2.24, 2.45) is 10.7 Å². The number of nitrogens with two attached hydrogens (primary N) is 2. The van der Waals surface area contributed by atoms with E-state index < -0.39 is 42.2 Å². The van der Waals surface area contributed by atoms with E-state index in [-0.39, 0.29) is 46.9 Å². The van der Waals surface area contributed by atoms with Crippen molar-refractivity contribution in [3.8, 4) is 10.6 Å². The molecule has 1 atom stereocenters. The van der Waals surface area contributed by atoms with Crippen LogP contribution in [0.3, 0.4) is 0 Å². The number of amides is 1. The van der Waals surface area contributed by atoms with Gasteiger partial charge in [0.15, 0.2) is 5.69 Å². The van der Waals surface area contributed by atoms with Gasteiger partial charge in [0.2, 0.25) is 0 Å². The molecule has 1 unspecified atom stereocenters. The summed E-state index contributed by atoms with van der Waals surface area (Å²) in [5.41, 5.74) is 10.5. The summed E-state index contributed by atoms with van der Waals surface area (Å²) < 4.78 is 68.0. The van der Waals surface area contributed by atoms with Gasteiger partial charge in [0.05, 0.1) is 17.8 Å². The second-order valence-electron chi connectivity index (χ2n) is 7.17. The Kier molecular flexibility index (Phi) is 8.39. The van der Waals surface area contributed by atoms with Crippen molar-refractivity contribution < 1.29 is 26.7 Å². The smallest absolute Gasteiger partial charge is 0.277 e. The zero-order chi connectivity index (χ0) is 24.8. The van der Waals surface area contributed by atoms with Crippen molar-refractivity contribution in [3.05, 3.63) is 47.4 Å². The number of amidine groups is 1. The highest BCUT2D eigenvalue weighted by Gasteiger charge is 2.26. The van der Waals surface area contributed by atoms with E-state index in [2.05, 4.69) is 20.6 Å². The topological polar surface area (TPSA) is 122 Å². The molecule has 0 saturated carbocycles. The molecule has 0 radical (unpaired) electrons. The molecule has 3 rings (SSSR count). The Morgan fingerprint density at radius 2 is 2.09 bits per heavy atom. The highest BCUT2D eigenvalue weighted by molar-refractivity contribution is 7.19. The summed E-state index contributed by atoms with van der Waals surface area (Å²) in [5.74, 6) is -2.83. The summed E-state index contributed by atoms with van der Waals surface area (Å²) in [6.07, 6.45) is -3.18. The van der Waals surface area contributed by atoms with Gasteiger partial charge in [0, 0.05) is 25.8 Å². The lowest BCUT2D eigenvalue weighted by Crippen LogP contribution is -2.42. The number of anilines is 1. The van der Waals surface area contributed by atoms with E-state index in [4.69, 9.17) is 11.5 Å². The van der Waals surface area contributed by atoms with Gasteiger partial charge in [-0.2, -0.15) is 0 Å². The summed E-state index contributed by atoms with van der Waals surface area (Å²) in [6, 6.07) is 3.24. The van der Waals surface area contributed by atoms with Crippen LogP contribution in [0.4, 0.5) is 27.0 Å². The van der Waals surface area contributed by atoms with Crippen molar-refractivity contribution in [1.82, 2.24) is 20.5 Å². The fraction of sp³-hybridized carbons (Fsp3) is 0.350. The van der Waals surface area contributed by atoms with Gasteiger partial charge in [-0.25, -0.2) is 26.9 Å². The van der Waals surface area contributed by atoms with Crippen LogP contribution in [0, 0.1) is 11.6 Å². The fourth-order valence-electron chi connectivity index (χ4n) is 3.23. The van der Waals surface area contributed by atoms with Gasteiger partial charge in [0.1, 0.15) is 40.2 Å². The van der Waals surface area contributed by atoms with Crippen LogP contribution in [0.5, 0.6) is 0 Å². The third-order valence-corrected chi connectivity index (χ3v) is 5.62. The van der Waals surface area contributed by atoms with Crippen LogP contribution in [-0.2, 0) is 0 Å². The van der Waals surface area contributed by atoms with Crippen molar-refractivity contribution in [3.63, 3.8) is 0 Å². The maximum atomic E-state index is 14.1. The van der Waals surface area contributed by atoms with Crippen molar-refractivity contribution in [2.45, 2.75) is 12.6 Å². The lowest BCUT2D eigenvalue weighted by atomic mass is 10.2. The molecule has 0 bridgehead atoms.